The first kappa shape index (κ1) is 14.1. The SMILES string of the molecule is COCc1cc(OC)c(C2CNCCO2)c(OC)c1. The fraction of sp³-hybridized carbons (Fsp3) is 0.571. The molecule has 1 aliphatic heterocycles. The predicted molar refractivity (Wildman–Crippen MR) is 71.8 cm³/mol. The van der Waals surface area contributed by atoms with E-state index in [1.54, 1.807) is 21.3 Å². The van der Waals surface area contributed by atoms with Crippen molar-refractivity contribution in [3.8, 4) is 11.5 Å². The zero-order valence-electron chi connectivity index (χ0n) is 11.7. The average Bonchev–Trinajstić information content (AvgIpc) is 2.47. The Morgan fingerprint density at radius 2 is 1.89 bits per heavy atom. The Hall–Kier alpha value is -1.30. The van der Waals surface area contributed by atoms with Crippen molar-refractivity contribution in [1.82, 2.24) is 5.32 Å². The second-order valence-electron chi connectivity index (χ2n) is 4.41. The lowest BCUT2D eigenvalue weighted by Gasteiger charge is -2.27. The van der Waals surface area contributed by atoms with Crippen LogP contribution >= 0.6 is 0 Å². The molecule has 106 valence electrons. The summed E-state index contributed by atoms with van der Waals surface area (Å²) < 4.78 is 21.9. The quantitative estimate of drug-likeness (QED) is 0.876. The number of benzene rings is 1. The van der Waals surface area contributed by atoms with Crippen LogP contribution in [0.2, 0.25) is 0 Å². The fourth-order valence-electron chi connectivity index (χ4n) is 2.31. The summed E-state index contributed by atoms with van der Waals surface area (Å²) in [5.74, 6) is 1.56. The maximum Gasteiger partial charge on any atom is 0.128 e. The largest absolute Gasteiger partial charge is 0.496 e. The van der Waals surface area contributed by atoms with Gasteiger partial charge >= 0.3 is 0 Å². The van der Waals surface area contributed by atoms with Crippen LogP contribution in [0.4, 0.5) is 0 Å². The number of rotatable bonds is 5. The van der Waals surface area contributed by atoms with Crippen molar-refractivity contribution in [2.75, 3.05) is 41.0 Å². The van der Waals surface area contributed by atoms with Crippen LogP contribution in [0.25, 0.3) is 0 Å². The number of hydrogen-bond acceptors (Lipinski definition) is 5. The van der Waals surface area contributed by atoms with Gasteiger partial charge in [0.15, 0.2) is 0 Å². The van der Waals surface area contributed by atoms with Crippen LogP contribution in [0.15, 0.2) is 12.1 Å². The van der Waals surface area contributed by atoms with Gasteiger partial charge < -0.3 is 24.3 Å². The first-order chi connectivity index (χ1) is 9.30. The minimum Gasteiger partial charge on any atom is -0.496 e. The van der Waals surface area contributed by atoms with Crippen LogP contribution in [0.5, 0.6) is 11.5 Å². The second-order valence-corrected chi connectivity index (χ2v) is 4.41. The van der Waals surface area contributed by atoms with E-state index >= 15 is 0 Å². The van der Waals surface area contributed by atoms with Gasteiger partial charge in [-0.25, -0.2) is 0 Å². The molecular formula is C14H21NO4. The summed E-state index contributed by atoms with van der Waals surface area (Å²) in [5.41, 5.74) is 1.97. The molecule has 1 aromatic rings. The molecule has 0 aliphatic carbocycles. The summed E-state index contributed by atoms with van der Waals surface area (Å²) in [4.78, 5) is 0. The van der Waals surface area contributed by atoms with Crippen LogP contribution in [-0.2, 0) is 16.1 Å². The molecule has 1 aliphatic rings. The van der Waals surface area contributed by atoms with E-state index < -0.39 is 0 Å². The van der Waals surface area contributed by atoms with E-state index in [1.165, 1.54) is 0 Å². The zero-order valence-corrected chi connectivity index (χ0v) is 11.7. The van der Waals surface area contributed by atoms with Crippen molar-refractivity contribution in [3.63, 3.8) is 0 Å². The molecule has 0 radical (unpaired) electrons. The molecule has 0 spiro atoms. The lowest BCUT2D eigenvalue weighted by atomic mass is 10.0. The van der Waals surface area contributed by atoms with Crippen molar-refractivity contribution >= 4 is 0 Å². The highest BCUT2D eigenvalue weighted by atomic mass is 16.5. The average molecular weight is 267 g/mol. The summed E-state index contributed by atoms with van der Waals surface area (Å²) in [7, 11) is 4.98. The highest BCUT2D eigenvalue weighted by Crippen LogP contribution is 2.37. The molecule has 1 atom stereocenters. The van der Waals surface area contributed by atoms with Gasteiger partial charge in [-0.1, -0.05) is 0 Å². The fourth-order valence-corrected chi connectivity index (χ4v) is 2.31. The van der Waals surface area contributed by atoms with Crippen LogP contribution in [0.3, 0.4) is 0 Å². The van der Waals surface area contributed by atoms with E-state index in [0.717, 1.165) is 35.7 Å². The predicted octanol–water partition coefficient (Wildman–Crippen LogP) is 1.51. The molecule has 5 heteroatoms. The van der Waals surface area contributed by atoms with E-state index in [2.05, 4.69) is 5.32 Å². The third kappa shape index (κ3) is 3.18. The summed E-state index contributed by atoms with van der Waals surface area (Å²) >= 11 is 0. The molecule has 1 heterocycles. The second kappa shape index (κ2) is 6.75. The summed E-state index contributed by atoms with van der Waals surface area (Å²) in [5, 5.41) is 3.31. The standard InChI is InChI=1S/C14H21NO4/c1-16-9-10-6-11(17-2)14(12(7-10)18-3)13-8-15-4-5-19-13/h6-7,13,15H,4-5,8-9H2,1-3H3. The van der Waals surface area contributed by atoms with E-state index in [0.29, 0.717) is 13.2 Å². The maximum absolute atomic E-state index is 5.80. The van der Waals surface area contributed by atoms with Gasteiger partial charge in [0.05, 0.1) is 33.0 Å². The van der Waals surface area contributed by atoms with E-state index in [1.807, 2.05) is 12.1 Å². The van der Waals surface area contributed by atoms with Crippen LogP contribution in [0.1, 0.15) is 17.2 Å². The van der Waals surface area contributed by atoms with Crippen LogP contribution in [-0.4, -0.2) is 41.0 Å². The van der Waals surface area contributed by atoms with Gasteiger partial charge in [-0.05, 0) is 17.7 Å². The minimum absolute atomic E-state index is 0.0461. The van der Waals surface area contributed by atoms with E-state index in [9.17, 15) is 0 Å². The van der Waals surface area contributed by atoms with Gasteiger partial charge in [0.1, 0.15) is 17.6 Å². The molecule has 1 unspecified atom stereocenters. The third-order valence-corrected chi connectivity index (χ3v) is 3.16. The number of morpholine rings is 1. The summed E-state index contributed by atoms with van der Waals surface area (Å²) in [6.07, 6.45) is -0.0461. The Bertz CT molecular complexity index is 391. The molecular weight excluding hydrogens is 246 g/mol. The molecule has 1 fully saturated rings. The minimum atomic E-state index is -0.0461. The summed E-state index contributed by atoms with van der Waals surface area (Å²) in [6, 6.07) is 3.94. The van der Waals surface area contributed by atoms with Crippen molar-refractivity contribution in [1.29, 1.82) is 0 Å². The number of nitrogens with one attached hydrogen (secondary N) is 1. The van der Waals surface area contributed by atoms with E-state index in [-0.39, 0.29) is 6.10 Å². The molecule has 1 saturated heterocycles. The van der Waals surface area contributed by atoms with Crippen LogP contribution < -0.4 is 14.8 Å². The van der Waals surface area contributed by atoms with Gasteiger partial charge in [0, 0.05) is 20.2 Å². The monoisotopic (exact) mass is 267 g/mol. The molecule has 2 rings (SSSR count). The molecule has 1 N–H and O–H groups in total. The Morgan fingerprint density at radius 1 is 1.21 bits per heavy atom. The highest BCUT2D eigenvalue weighted by molar-refractivity contribution is 5.49. The lowest BCUT2D eigenvalue weighted by molar-refractivity contribution is 0.0247. The molecule has 0 saturated carbocycles. The van der Waals surface area contributed by atoms with Gasteiger partial charge in [-0.2, -0.15) is 0 Å². The molecule has 0 bridgehead atoms. The zero-order chi connectivity index (χ0) is 13.7. The highest BCUT2D eigenvalue weighted by Gasteiger charge is 2.24. The molecule has 19 heavy (non-hydrogen) atoms. The van der Waals surface area contributed by atoms with Crippen molar-refractivity contribution in [2.45, 2.75) is 12.7 Å². The third-order valence-electron chi connectivity index (χ3n) is 3.16. The number of ether oxygens (including phenoxy) is 4. The Kier molecular flexibility index (Phi) is 5.01. The van der Waals surface area contributed by atoms with E-state index in [4.69, 9.17) is 18.9 Å². The Labute approximate surface area is 113 Å². The Balaban J connectivity index is 2.38. The van der Waals surface area contributed by atoms with Crippen LogP contribution in [0, 0.1) is 0 Å². The maximum atomic E-state index is 5.80. The smallest absolute Gasteiger partial charge is 0.128 e. The van der Waals surface area contributed by atoms with Crippen molar-refractivity contribution < 1.29 is 18.9 Å². The molecule has 5 nitrogen and oxygen atoms in total. The van der Waals surface area contributed by atoms with Crippen molar-refractivity contribution in [3.05, 3.63) is 23.3 Å². The van der Waals surface area contributed by atoms with Gasteiger partial charge in [-0.3, -0.25) is 0 Å². The topological polar surface area (TPSA) is 49.0 Å². The lowest BCUT2D eigenvalue weighted by Crippen LogP contribution is -2.33. The summed E-state index contributed by atoms with van der Waals surface area (Å²) in [6.45, 7) is 2.85. The number of methoxy groups -OCH3 is 3. The Morgan fingerprint density at radius 3 is 2.37 bits per heavy atom. The first-order valence-electron chi connectivity index (χ1n) is 6.36. The molecule has 0 amide bonds. The first-order valence-corrected chi connectivity index (χ1v) is 6.36. The van der Waals surface area contributed by atoms with Gasteiger partial charge in [0.2, 0.25) is 0 Å². The van der Waals surface area contributed by atoms with Gasteiger partial charge in [0.25, 0.3) is 0 Å². The van der Waals surface area contributed by atoms with Gasteiger partial charge in [-0.15, -0.1) is 0 Å². The molecule has 0 aromatic heterocycles. The number of hydrogen-bond donors (Lipinski definition) is 1. The molecule has 1 aromatic carbocycles. The normalized spacial score (nSPS) is 19.2. The van der Waals surface area contributed by atoms with Crippen molar-refractivity contribution in [2.24, 2.45) is 0 Å².